The number of aromatic carboxylic acids is 1. The van der Waals surface area contributed by atoms with Crippen molar-refractivity contribution >= 4 is 16.0 Å². The van der Waals surface area contributed by atoms with Crippen molar-refractivity contribution < 1.29 is 23.1 Å². The highest BCUT2D eigenvalue weighted by Crippen LogP contribution is 2.38. The van der Waals surface area contributed by atoms with Crippen LogP contribution in [0.5, 0.6) is 0 Å². The van der Waals surface area contributed by atoms with Gasteiger partial charge in [-0.1, -0.05) is 0 Å². The summed E-state index contributed by atoms with van der Waals surface area (Å²) >= 11 is 0. The Hall–Kier alpha value is -1.44. The van der Waals surface area contributed by atoms with Crippen molar-refractivity contribution in [3.63, 3.8) is 0 Å². The number of nitrogens with zero attached hydrogens (tertiary/aromatic N) is 1. The molecule has 1 atom stereocenters. The fraction of sp³-hybridized carbons (Fsp3) is 0.500. The Morgan fingerprint density at radius 2 is 1.90 bits per heavy atom. The molecule has 1 heterocycles. The van der Waals surface area contributed by atoms with Gasteiger partial charge in [-0.25, -0.2) is 13.2 Å². The van der Waals surface area contributed by atoms with Crippen LogP contribution >= 0.6 is 0 Å². The maximum Gasteiger partial charge on any atom is 0.335 e. The lowest BCUT2D eigenvalue weighted by molar-refractivity contribution is 0.0247. The number of morpholine rings is 1. The molecular formula is C14H17NO5S. The molecule has 0 aromatic heterocycles. The number of carboxylic acid groups (broad SMARTS) is 1. The van der Waals surface area contributed by atoms with Gasteiger partial charge in [0, 0.05) is 6.54 Å². The lowest BCUT2D eigenvalue weighted by Gasteiger charge is -2.34. The summed E-state index contributed by atoms with van der Waals surface area (Å²) in [5.41, 5.74) is 0.0784. The zero-order valence-corrected chi connectivity index (χ0v) is 12.3. The van der Waals surface area contributed by atoms with Crippen molar-refractivity contribution in [2.45, 2.75) is 23.8 Å². The molecule has 1 unspecified atom stereocenters. The van der Waals surface area contributed by atoms with E-state index >= 15 is 0 Å². The Bertz CT molecular complexity index is 636. The molecule has 114 valence electrons. The Morgan fingerprint density at radius 1 is 1.24 bits per heavy atom. The van der Waals surface area contributed by atoms with Crippen molar-refractivity contribution in [2.24, 2.45) is 5.92 Å². The van der Waals surface area contributed by atoms with Gasteiger partial charge < -0.3 is 9.84 Å². The lowest BCUT2D eigenvalue weighted by Crippen LogP contribution is -2.49. The van der Waals surface area contributed by atoms with Crippen LogP contribution < -0.4 is 0 Å². The molecule has 1 aliphatic carbocycles. The molecular weight excluding hydrogens is 294 g/mol. The van der Waals surface area contributed by atoms with E-state index in [9.17, 15) is 13.2 Å². The molecule has 0 amide bonds. The maximum absolute atomic E-state index is 12.7. The molecule has 7 heteroatoms. The lowest BCUT2D eigenvalue weighted by atomic mass is 10.2. The van der Waals surface area contributed by atoms with Crippen LogP contribution in [0.2, 0.25) is 0 Å². The Kier molecular flexibility index (Phi) is 3.73. The molecule has 1 saturated heterocycles. The smallest absolute Gasteiger partial charge is 0.335 e. The zero-order chi connectivity index (χ0) is 15.0. The van der Waals surface area contributed by atoms with Crippen molar-refractivity contribution in [3.8, 4) is 0 Å². The maximum atomic E-state index is 12.7. The highest BCUT2D eigenvalue weighted by atomic mass is 32.2. The molecule has 1 aromatic carbocycles. The molecule has 21 heavy (non-hydrogen) atoms. The van der Waals surface area contributed by atoms with Gasteiger partial charge in [0.15, 0.2) is 0 Å². The number of benzene rings is 1. The summed E-state index contributed by atoms with van der Waals surface area (Å²) in [6, 6.07) is 5.27. The van der Waals surface area contributed by atoms with Gasteiger partial charge in [0.2, 0.25) is 10.0 Å². The number of rotatable bonds is 4. The third-order valence-corrected chi connectivity index (χ3v) is 5.93. The van der Waals surface area contributed by atoms with Crippen LogP contribution in [0, 0.1) is 5.92 Å². The monoisotopic (exact) mass is 311 g/mol. The molecule has 0 radical (unpaired) electrons. The van der Waals surface area contributed by atoms with E-state index in [2.05, 4.69) is 0 Å². The van der Waals surface area contributed by atoms with Crippen LogP contribution in [0.4, 0.5) is 0 Å². The molecule has 2 fully saturated rings. The Labute approximate surface area is 123 Å². The molecule has 3 rings (SSSR count). The highest BCUT2D eigenvalue weighted by molar-refractivity contribution is 7.89. The molecule has 1 N–H and O–H groups in total. The number of carboxylic acids is 1. The molecule has 1 aliphatic heterocycles. The minimum atomic E-state index is -3.60. The van der Waals surface area contributed by atoms with E-state index in [0.29, 0.717) is 25.7 Å². The van der Waals surface area contributed by atoms with Crippen molar-refractivity contribution in [1.82, 2.24) is 4.31 Å². The van der Waals surface area contributed by atoms with Gasteiger partial charge >= 0.3 is 5.97 Å². The Morgan fingerprint density at radius 3 is 2.48 bits per heavy atom. The fourth-order valence-corrected chi connectivity index (χ4v) is 4.32. The van der Waals surface area contributed by atoms with E-state index in [1.165, 1.54) is 28.6 Å². The van der Waals surface area contributed by atoms with Crippen LogP contribution in [-0.2, 0) is 14.8 Å². The average Bonchev–Trinajstić information content (AvgIpc) is 3.32. The van der Waals surface area contributed by atoms with E-state index in [1.807, 2.05) is 0 Å². The second-order valence-corrected chi connectivity index (χ2v) is 7.32. The number of hydrogen-bond acceptors (Lipinski definition) is 4. The number of ether oxygens (including phenoxy) is 1. The Balaban J connectivity index is 1.89. The summed E-state index contributed by atoms with van der Waals surface area (Å²) in [6.45, 7) is 1.19. The van der Waals surface area contributed by atoms with E-state index in [4.69, 9.17) is 9.84 Å². The minimum absolute atomic E-state index is 0.0784. The second-order valence-electron chi connectivity index (χ2n) is 5.42. The highest BCUT2D eigenvalue weighted by Gasteiger charge is 2.42. The van der Waals surface area contributed by atoms with Crippen molar-refractivity contribution in [3.05, 3.63) is 29.8 Å². The van der Waals surface area contributed by atoms with Crippen LogP contribution in [0.3, 0.4) is 0 Å². The summed E-state index contributed by atoms with van der Waals surface area (Å²) in [7, 11) is -3.60. The number of sulfonamides is 1. The first-order chi connectivity index (χ1) is 10.00. The third kappa shape index (κ3) is 2.81. The minimum Gasteiger partial charge on any atom is -0.478 e. The van der Waals surface area contributed by atoms with Gasteiger partial charge in [-0.3, -0.25) is 0 Å². The topological polar surface area (TPSA) is 83.9 Å². The quantitative estimate of drug-likeness (QED) is 0.903. The van der Waals surface area contributed by atoms with Gasteiger partial charge in [-0.2, -0.15) is 4.31 Å². The predicted octanol–water partition coefficient (Wildman–Crippen LogP) is 1.18. The average molecular weight is 311 g/mol. The largest absolute Gasteiger partial charge is 0.478 e. The molecule has 0 spiro atoms. The van der Waals surface area contributed by atoms with Crippen LogP contribution in [0.25, 0.3) is 0 Å². The predicted molar refractivity (Wildman–Crippen MR) is 74.6 cm³/mol. The SMILES string of the molecule is O=C(O)c1ccc(S(=O)(=O)N2CCOCC2C2CC2)cc1. The number of carbonyl (C=O) groups is 1. The van der Waals surface area contributed by atoms with E-state index in [0.717, 1.165) is 12.8 Å². The van der Waals surface area contributed by atoms with Gasteiger partial charge in [0.05, 0.1) is 29.7 Å². The van der Waals surface area contributed by atoms with E-state index < -0.39 is 16.0 Å². The zero-order valence-electron chi connectivity index (χ0n) is 11.4. The summed E-state index contributed by atoms with van der Waals surface area (Å²) < 4.78 is 32.4. The van der Waals surface area contributed by atoms with Crippen LogP contribution in [-0.4, -0.2) is 49.6 Å². The molecule has 1 saturated carbocycles. The standard InChI is InChI=1S/C14H17NO5S/c16-14(17)11-3-5-12(6-4-11)21(18,19)15-7-8-20-9-13(15)10-1-2-10/h3-6,10,13H,1-2,7-9H2,(H,16,17). The first kappa shape index (κ1) is 14.5. The van der Waals surface area contributed by atoms with Crippen LogP contribution in [0.15, 0.2) is 29.2 Å². The van der Waals surface area contributed by atoms with Gasteiger partial charge in [0.25, 0.3) is 0 Å². The summed E-state index contributed by atoms with van der Waals surface area (Å²) in [5.74, 6) is -0.681. The van der Waals surface area contributed by atoms with Crippen LogP contribution in [0.1, 0.15) is 23.2 Å². The normalized spacial score (nSPS) is 23.9. The molecule has 1 aromatic rings. The first-order valence-electron chi connectivity index (χ1n) is 6.93. The summed E-state index contributed by atoms with van der Waals surface area (Å²) in [5, 5.41) is 8.87. The van der Waals surface area contributed by atoms with Gasteiger partial charge in [-0.05, 0) is 43.0 Å². The first-order valence-corrected chi connectivity index (χ1v) is 8.37. The van der Waals surface area contributed by atoms with Gasteiger partial charge in [0.1, 0.15) is 0 Å². The number of hydrogen-bond donors (Lipinski definition) is 1. The van der Waals surface area contributed by atoms with Gasteiger partial charge in [-0.15, -0.1) is 0 Å². The van der Waals surface area contributed by atoms with Crippen molar-refractivity contribution in [2.75, 3.05) is 19.8 Å². The summed E-state index contributed by atoms with van der Waals surface area (Å²) in [6.07, 6.45) is 2.08. The molecule has 2 aliphatic rings. The summed E-state index contributed by atoms with van der Waals surface area (Å²) in [4.78, 5) is 11.0. The van der Waals surface area contributed by atoms with Crippen molar-refractivity contribution in [1.29, 1.82) is 0 Å². The third-order valence-electron chi connectivity index (χ3n) is 3.99. The van der Waals surface area contributed by atoms with E-state index in [-0.39, 0.29) is 16.5 Å². The van der Waals surface area contributed by atoms with E-state index in [1.54, 1.807) is 0 Å². The molecule has 0 bridgehead atoms. The molecule has 6 nitrogen and oxygen atoms in total. The fourth-order valence-electron chi connectivity index (χ4n) is 2.66. The second kappa shape index (κ2) is 5.40.